The summed E-state index contributed by atoms with van der Waals surface area (Å²) in [5.41, 5.74) is 0.137. The van der Waals surface area contributed by atoms with Gasteiger partial charge in [0, 0.05) is 12.5 Å². The first-order chi connectivity index (χ1) is 7.95. The number of esters is 1. The highest BCUT2D eigenvalue weighted by Crippen LogP contribution is 2.21. The summed E-state index contributed by atoms with van der Waals surface area (Å²) >= 11 is 0. The molecule has 0 saturated carbocycles. The molecule has 0 aliphatic heterocycles. The molecule has 17 heavy (non-hydrogen) atoms. The van der Waals surface area contributed by atoms with Crippen LogP contribution in [0.5, 0.6) is 5.75 Å². The summed E-state index contributed by atoms with van der Waals surface area (Å²) in [7, 11) is 1.14. The van der Waals surface area contributed by atoms with Crippen molar-refractivity contribution in [3.63, 3.8) is 0 Å². The Morgan fingerprint density at radius 3 is 2.76 bits per heavy atom. The summed E-state index contributed by atoms with van der Waals surface area (Å²) in [4.78, 5) is 11.0. The van der Waals surface area contributed by atoms with E-state index < -0.39 is 17.3 Å². The van der Waals surface area contributed by atoms with Crippen molar-refractivity contribution in [2.75, 3.05) is 7.11 Å². The number of hydrogen-bond acceptors (Lipinski definition) is 6. The number of phenolic OH excluding ortho intramolecular Hbond substituents is 1. The van der Waals surface area contributed by atoms with E-state index in [1.807, 2.05) is 0 Å². The van der Waals surface area contributed by atoms with Gasteiger partial charge in [0.15, 0.2) is 11.9 Å². The molecule has 0 fully saturated rings. The molecule has 1 aromatic rings. The number of aliphatic hydroxyl groups excluding tert-OH is 1. The standard InChI is InChI=1S/C10H13NO6/c1-17-10(14)9(13)5-6-2-3-8(12)7(4-6)11(15)16/h2-4,9,11-13,15H,5H2,1H3/t9-/m1/s1. The fourth-order valence-electron chi connectivity index (χ4n) is 1.32. The molecule has 0 bridgehead atoms. The second-order valence-corrected chi connectivity index (χ2v) is 3.40. The van der Waals surface area contributed by atoms with Gasteiger partial charge in [-0.05, 0) is 11.6 Å². The van der Waals surface area contributed by atoms with Crippen LogP contribution in [0.25, 0.3) is 0 Å². The van der Waals surface area contributed by atoms with E-state index in [2.05, 4.69) is 4.74 Å². The van der Waals surface area contributed by atoms with Gasteiger partial charge in [-0.1, -0.05) is 6.07 Å². The average Bonchev–Trinajstić information content (AvgIpc) is 2.30. The first kappa shape index (κ1) is 13.4. The lowest BCUT2D eigenvalue weighted by Crippen LogP contribution is -2.99. The minimum Gasteiger partial charge on any atom is -0.595 e. The number of aromatic hydroxyl groups is 1. The molecule has 0 aliphatic rings. The Balaban J connectivity index is 2.86. The fourth-order valence-corrected chi connectivity index (χ4v) is 1.32. The molecule has 0 aromatic heterocycles. The van der Waals surface area contributed by atoms with Crippen LogP contribution in [0.2, 0.25) is 0 Å². The minimum absolute atomic E-state index is 0.0762. The van der Waals surface area contributed by atoms with Gasteiger partial charge >= 0.3 is 5.97 Å². The zero-order valence-electron chi connectivity index (χ0n) is 9.08. The lowest BCUT2D eigenvalue weighted by atomic mass is 10.1. The largest absolute Gasteiger partial charge is 0.595 e. The number of nitrogens with one attached hydrogen (secondary N) is 1. The molecule has 4 N–H and O–H groups in total. The number of hydrogen-bond donors (Lipinski definition) is 4. The summed E-state index contributed by atoms with van der Waals surface area (Å²) < 4.78 is 4.33. The van der Waals surface area contributed by atoms with Crippen molar-refractivity contribution in [2.45, 2.75) is 12.5 Å². The van der Waals surface area contributed by atoms with E-state index in [9.17, 15) is 20.2 Å². The van der Waals surface area contributed by atoms with Gasteiger partial charge in [0.25, 0.3) is 0 Å². The summed E-state index contributed by atoms with van der Waals surface area (Å²) in [6.45, 7) is 0. The molecule has 0 saturated heterocycles. The quantitative estimate of drug-likeness (QED) is 0.302. The number of methoxy groups -OCH3 is 1. The van der Waals surface area contributed by atoms with Gasteiger partial charge in [-0.25, -0.2) is 10.0 Å². The van der Waals surface area contributed by atoms with Crippen molar-refractivity contribution in [1.29, 1.82) is 0 Å². The molecule has 0 radical (unpaired) electrons. The topological polar surface area (TPSA) is 114 Å². The molecule has 0 aliphatic carbocycles. The van der Waals surface area contributed by atoms with Crippen molar-refractivity contribution >= 4 is 11.7 Å². The van der Waals surface area contributed by atoms with Crippen LogP contribution in [0.15, 0.2) is 18.2 Å². The average molecular weight is 243 g/mol. The summed E-state index contributed by atoms with van der Waals surface area (Å²) in [6.07, 6.45) is -1.43. The summed E-state index contributed by atoms with van der Waals surface area (Å²) in [5, 5.41) is 36.9. The van der Waals surface area contributed by atoms with Crippen LogP contribution >= 0.6 is 0 Å². The van der Waals surface area contributed by atoms with Crippen molar-refractivity contribution in [3.05, 3.63) is 29.0 Å². The van der Waals surface area contributed by atoms with Gasteiger partial charge in [0.05, 0.1) is 7.11 Å². The van der Waals surface area contributed by atoms with Crippen LogP contribution in [0, 0.1) is 5.21 Å². The van der Waals surface area contributed by atoms with Gasteiger partial charge < -0.3 is 20.2 Å². The maximum atomic E-state index is 11.0. The predicted molar refractivity (Wildman–Crippen MR) is 55.6 cm³/mol. The second kappa shape index (κ2) is 5.60. The maximum absolute atomic E-state index is 11.0. The molecule has 94 valence electrons. The zero-order valence-corrected chi connectivity index (χ0v) is 9.08. The molecule has 1 unspecified atom stereocenters. The highest BCUT2D eigenvalue weighted by atomic mass is 16.8. The Morgan fingerprint density at radius 1 is 1.59 bits per heavy atom. The van der Waals surface area contributed by atoms with Crippen molar-refractivity contribution in [2.24, 2.45) is 0 Å². The summed E-state index contributed by atoms with van der Waals surface area (Å²) in [5.74, 6) is -1.16. The lowest BCUT2D eigenvalue weighted by molar-refractivity contribution is -0.991. The first-order valence-electron chi connectivity index (χ1n) is 4.76. The number of phenols is 1. The highest BCUT2D eigenvalue weighted by Gasteiger charge is 2.17. The minimum atomic E-state index is -1.36. The number of benzene rings is 1. The van der Waals surface area contributed by atoms with Crippen molar-refractivity contribution < 1.29 is 30.2 Å². The molecule has 0 amide bonds. The monoisotopic (exact) mass is 243 g/mol. The lowest BCUT2D eigenvalue weighted by Gasteiger charge is -2.14. The molecular weight excluding hydrogens is 230 g/mol. The van der Waals surface area contributed by atoms with Crippen LogP contribution in [-0.2, 0) is 16.0 Å². The third-order valence-electron chi connectivity index (χ3n) is 2.19. The van der Waals surface area contributed by atoms with Crippen molar-refractivity contribution in [1.82, 2.24) is 0 Å². The Bertz CT molecular complexity index is 406. The predicted octanol–water partition coefficient (Wildman–Crippen LogP) is -1.13. The van der Waals surface area contributed by atoms with Crippen LogP contribution in [-0.4, -0.2) is 34.6 Å². The van der Waals surface area contributed by atoms with E-state index in [4.69, 9.17) is 5.21 Å². The van der Waals surface area contributed by atoms with E-state index in [1.54, 1.807) is 0 Å². The SMILES string of the molecule is COC(=O)[C@H](O)Cc1ccc(O)c([NH+]([O-])O)c1. The van der Waals surface area contributed by atoms with E-state index in [0.29, 0.717) is 5.56 Å². The number of quaternary nitrogens is 1. The number of ether oxygens (including phenoxy) is 1. The van der Waals surface area contributed by atoms with Crippen LogP contribution < -0.4 is 5.23 Å². The van der Waals surface area contributed by atoms with Gasteiger partial charge in [-0.3, -0.25) is 0 Å². The van der Waals surface area contributed by atoms with Crippen LogP contribution in [0.3, 0.4) is 0 Å². The Hall–Kier alpha value is -1.67. The molecule has 7 nitrogen and oxygen atoms in total. The normalized spacial score (nSPS) is 14.1. The third kappa shape index (κ3) is 3.40. The fraction of sp³-hybridized carbons (Fsp3) is 0.300. The number of carbonyl (C=O) groups excluding carboxylic acids is 1. The molecule has 1 rings (SSSR count). The number of carbonyl (C=O) groups is 1. The number of aliphatic hydroxyl groups is 1. The molecule has 0 spiro atoms. The van der Waals surface area contributed by atoms with E-state index in [1.165, 1.54) is 18.2 Å². The molecule has 1 aromatic carbocycles. The van der Waals surface area contributed by atoms with E-state index in [0.717, 1.165) is 7.11 Å². The van der Waals surface area contributed by atoms with Crippen molar-refractivity contribution in [3.8, 4) is 5.75 Å². The van der Waals surface area contributed by atoms with Crippen LogP contribution in [0.4, 0.5) is 5.69 Å². The molecule has 2 atom stereocenters. The number of rotatable bonds is 4. The highest BCUT2D eigenvalue weighted by molar-refractivity contribution is 5.74. The van der Waals surface area contributed by atoms with Gasteiger partial charge in [-0.2, -0.15) is 5.23 Å². The Morgan fingerprint density at radius 2 is 2.24 bits per heavy atom. The summed E-state index contributed by atoms with van der Waals surface area (Å²) in [6, 6.07) is 3.82. The van der Waals surface area contributed by atoms with E-state index >= 15 is 0 Å². The zero-order chi connectivity index (χ0) is 13.0. The van der Waals surface area contributed by atoms with Gasteiger partial charge in [-0.15, -0.1) is 0 Å². The van der Waals surface area contributed by atoms with Crippen LogP contribution in [0.1, 0.15) is 5.56 Å². The van der Waals surface area contributed by atoms with E-state index in [-0.39, 0.29) is 17.9 Å². The second-order valence-electron chi connectivity index (χ2n) is 3.40. The molecular formula is C10H13NO6. The first-order valence-corrected chi connectivity index (χ1v) is 4.76. The third-order valence-corrected chi connectivity index (χ3v) is 2.19. The maximum Gasteiger partial charge on any atom is 0.335 e. The Labute approximate surface area is 97.0 Å². The van der Waals surface area contributed by atoms with Gasteiger partial charge in [0.2, 0.25) is 5.69 Å². The molecule has 0 heterocycles. The Kier molecular flexibility index (Phi) is 4.41. The smallest absolute Gasteiger partial charge is 0.335 e. The molecule has 7 heteroatoms. The van der Waals surface area contributed by atoms with Gasteiger partial charge in [0.1, 0.15) is 0 Å².